The maximum atomic E-state index is 13.0. The molecule has 1 aromatic rings. The number of rotatable bonds is 1. The van der Waals surface area contributed by atoms with E-state index in [0.717, 1.165) is 32.4 Å². The van der Waals surface area contributed by atoms with Crippen LogP contribution in [0.3, 0.4) is 0 Å². The lowest BCUT2D eigenvalue weighted by atomic mass is 9.72. The number of nitrogens with one attached hydrogen (secondary N) is 1. The Morgan fingerprint density at radius 1 is 1.40 bits per heavy atom. The lowest BCUT2D eigenvalue weighted by molar-refractivity contribution is -0.0434. The zero-order valence-electron chi connectivity index (χ0n) is 14.6. The Balaban J connectivity index is 1.55. The molecule has 0 aromatic carbocycles. The van der Waals surface area contributed by atoms with Crippen molar-refractivity contribution >= 4 is 11.8 Å². The summed E-state index contributed by atoms with van der Waals surface area (Å²) in [6.07, 6.45) is 2.14. The van der Waals surface area contributed by atoms with Crippen LogP contribution in [-0.2, 0) is 6.54 Å². The normalized spacial score (nSPS) is 29.8. The summed E-state index contributed by atoms with van der Waals surface area (Å²) in [5.41, 5.74) is 0.541. The predicted octanol–water partition coefficient (Wildman–Crippen LogP) is -0.455. The van der Waals surface area contributed by atoms with Crippen LogP contribution in [0.25, 0.3) is 0 Å². The number of likely N-dealkylation sites (tertiary alicyclic amines) is 1. The van der Waals surface area contributed by atoms with Gasteiger partial charge < -0.3 is 20.2 Å². The fourth-order valence-corrected chi connectivity index (χ4v) is 4.32. The van der Waals surface area contributed by atoms with Gasteiger partial charge in [-0.15, -0.1) is 0 Å². The number of aliphatic hydroxyl groups excluding tert-OH is 1. The highest BCUT2D eigenvalue weighted by molar-refractivity contribution is 5.98. The van der Waals surface area contributed by atoms with E-state index in [1.807, 2.05) is 0 Å². The first-order valence-electron chi connectivity index (χ1n) is 9.02. The fourth-order valence-electron chi connectivity index (χ4n) is 4.32. The number of aromatic nitrogens is 2. The first kappa shape index (κ1) is 16.5. The van der Waals surface area contributed by atoms with E-state index in [1.165, 1.54) is 0 Å². The van der Waals surface area contributed by atoms with E-state index >= 15 is 0 Å². The van der Waals surface area contributed by atoms with E-state index in [2.05, 4.69) is 10.4 Å². The van der Waals surface area contributed by atoms with Crippen molar-refractivity contribution in [2.24, 2.45) is 5.41 Å². The maximum Gasteiger partial charge on any atom is 0.274 e. The highest BCUT2D eigenvalue weighted by Crippen LogP contribution is 2.36. The van der Waals surface area contributed by atoms with E-state index in [-0.39, 0.29) is 23.3 Å². The van der Waals surface area contributed by atoms with Crippen LogP contribution in [0, 0.1) is 5.41 Å². The van der Waals surface area contributed by atoms with Crippen LogP contribution in [0.2, 0.25) is 0 Å². The number of likely N-dealkylation sites (N-methyl/N-ethyl adjacent to an activating group) is 1. The summed E-state index contributed by atoms with van der Waals surface area (Å²) < 4.78 is 1.63. The van der Waals surface area contributed by atoms with Crippen molar-refractivity contribution in [1.82, 2.24) is 24.9 Å². The van der Waals surface area contributed by atoms with Crippen molar-refractivity contribution in [3.8, 4) is 0 Å². The number of fused-ring (bicyclic) bond motifs is 1. The lowest BCUT2D eigenvalue weighted by Gasteiger charge is -2.48. The van der Waals surface area contributed by atoms with Gasteiger partial charge in [-0.3, -0.25) is 14.3 Å². The Morgan fingerprint density at radius 3 is 3.04 bits per heavy atom. The van der Waals surface area contributed by atoms with Crippen molar-refractivity contribution in [3.63, 3.8) is 0 Å². The first-order chi connectivity index (χ1) is 12.0. The number of carbonyl (C=O) groups excluding carboxylic acids is 2. The second-order valence-electron chi connectivity index (χ2n) is 7.54. The molecule has 0 radical (unpaired) electrons. The van der Waals surface area contributed by atoms with Gasteiger partial charge in [-0.1, -0.05) is 0 Å². The molecule has 4 rings (SSSR count). The third-order valence-corrected chi connectivity index (χ3v) is 5.89. The summed E-state index contributed by atoms with van der Waals surface area (Å²) in [4.78, 5) is 28.6. The molecule has 0 unspecified atom stereocenters. The largest absolute Gasteiger partial charge is 0.392 e. The van der Waals surface area contributed by atoms with Crippen LogP contribution in [0.5, 0.6) is 0 Å². The van der Waals surface area contributed by atoms with Crippen molar-refractivity contribution in [2.75, 3.05) is 39.8 Å². The van der Waals surface area contributed by atoms with Crippen LogP contribution in [-0.4, -0.2) is 82.4 Å². The Labute approximate surface area is 146 Å². The molecular weight excluding hydrogens is 322 g/mol. The summed E-state index contributed by atoms with van der Waals surface area (Å²) in [5, 5.41) is 18.2. The molecule has 2 atom stereocenters. The minimum Gasteiger partial charge on any atom is -0.392 e. The number of hydrogen-bond acceptors (Lipinski definition) is 5. The van der Waals surface area contributed by atoms with E-state index in [4.69, 9.17) is 0 Å². The van der Waals surface area contributed by atoms with Gasteiger partial charge in [0.2, 0.25) is 0 Å². The Bertz CT molecular complexity index is 698. The van der Waals surface area contributed by atoms with Gasteiger partial charge in [0.1, 0.15) is 5.69 Å². The summed E-state index contributed by atoms with van der Waals surface area (Å²) in [6, 6.07) is 1.61. The van der Waals surface area contributed by atoms with Crippen molar-refractivity contribution in [2.45, 2.75) is 31.9 Å². The van der Waals surface area contributed by atoms with Gasteiger partial charge in [-0.05, 0) is 25.8 Å². The topological polar surface area (TPSA) is 90.7 Å². The second kappa shape index (κ2) is 6.10. The number of amides is 2. The molecule has 2 saturated heterocycles. The van der Waals surface area contributed by atoms with Gasteiger partial charge in [0.05, 0.1) is 12.6 Å². The average Bonchev–Trinajstić information content (AvgIpc) is 3.05. The van der Waals surface area contributed by atoms with Gasteiger partial charge >= 0.3 is 0 Å². The van der Waals surface area contributed by atoms with Gasteiger partial charge in [-0.2, -0.15) is 5.10 Å². The lowest BCUT2D eigenvalue weighted by Crippen LogP contribution is -2.58. The number of piperidine rings is 2. The monoisotopic (exact) mass is 347 g/mol. The molecule has 1 aromatic heterocycles. The smallest absolute Gasteiger partial charge is 0.274 e. The SMILES string of the molecule is CN1CCn2nc(C(=O)N3CCC[C@]4(CNCC[C@@H]4O)C3)cc2C1=O. The fraction of sp³-hybridized carbons (Fsp3) is 0.706. The van der Waals surface area contributed by atoms with Crippen molar-refractivity contribution in [3.05, 3.63) is 17.5 Å². The number of nitrogens with zero attached hydrogens (tertiary/aromatic N) is 4. The van der Waals surface area contributed by atoms with Gasteiger partial charge in [-0.25, -0.2) is 0 Å². The van der Waals surface area contributed by atoms with Crippen molar-refractivity contribution in [1.29, 1.82) is 0 Å². The van der Waals surface area contributed by atoms with Gasteiger partial charge in [0, 0.05) is 44.7 Å². The molecule has 3 aliphatic rings. The third kappa shape index (κ3) is 2.73. The predicted molar refractivity (Wildman–Crippen MR) is 90.3 cm³/mol. The molecule has 136 valence electrons. The van der Waals surface area contributed by atoms with Gasteiger partial charge in [0.25, 0.3) is 11.8 Å². The number of carbonyl (C=O) groups is 2. The minimum absolute atomic E-state index is 0.0974. The van der Waals surface area contributed by atoms with Crippen LogP contribution in [0.15, 0.2) is 6.07 Å². The van der Waals surface area contributed by atoms with E-state index in [9.17, 15) is 14.7 Å². The Hall–Kier alpha value is -1.93. The standard InChI is InChI=1S/C17H25N5O3/c1-20-7-8-22-13(16(20)25)9-12(19-22)15(24)21-6-2-4-17(11-21)10-18-5-3-14(17)23/h9,14,18,23H,2-8,10-11H2,1H3/t14-,17-/m0/s1. The van der Waals surface area contributed by atoms with Crippen LogP contribution >= 0.6 is 0 Å². The highest BCUT2D eigenvalue weighted by Gasteiger charge is 2.44. The molecule has 4 heterocycles. The molecule has 2 amide bonds. The summed E-state index contributed by atoms with van der Waals surface area (Å²) >= 11 is 0. The van der Waals surface area contributed by atoms with E-state index in [1.54, 1.807) is 27.6 Å². The number of aliphatic hydroxyl groups is 1. The van der Waals surface area contributed by atoms with E-state index < -0.39 is 0 Å². The summed E-state index contributed by atoms with van der Waals surface area (Å²) in [7, 11) is 1.76. The second-order valence-corrected chi connectivity index (χ2v) is 7.54. The minimum atomic E-state index is -0.380. The Morgan fingerprint density at radius 2 is 2.24 bits per heavy atom. The van der Waals surface area contributed by atoms with Gasteiger partial charge in [0.15, 0.2) is 5.69 Å². The molecule has 25 heavy (non-hydrogen) atoms. The van der Waals surface area contributed by atoms with Crippen LogP contribution in [0.4, 0.5) is 0 Å². The molecule has 8 nitrogen and oxygen atoms in total. The molecule has 8 heteroatoms. The molecule has 0 bridgehead atoms. The van der Waals surface area contributed by atoms with E-state index in [0.29, 0.717) is 37.6 Å². The Kier molecular flexibility index (Phi) is 4.04. The molecule has 3 aliphatic heterocycles. The molecule has 2 fully saturated rings. The molecule has 0 aliphatic carbocycles. The quantitative estimate of drug-likeness (QED) is 0.718. The molecular formula is C17H25N5O3. The van der Waals surface area contributed by atoms with Crippen LogP contribution < -0.4 is 5.32 Å². The molecule has 0 saturated carbocycles. The summed E-state index contributed by atoms with van der Waals surface area (Å²) in [6.45, 7) is 3.98. The zero-order valence-corrected chi connectivity index (χ0v) is 14.6. The summed E-state index contributed by atoms with van der Waals surface area (Å²) in [5.74, 6) is -0.242. The average molecular weight is 347 g/mol. The van der Waals surface area contributed by atoms with Crippen molar-refractivity contribution < 1.29 is 14.7 Å². The first-order valence-corrected chi connectivity index (χ1v) is 9.02. The zero-order chi connectivity index (χ0) is 17.6. The highest BCUT2D eigenvalue weighted by atomic mass is 16.3. The number of hydrogen-bond donors (Lipinski definition) is 2. The maximum absolute atomic E-state index is 13.0. The van der Waals surface area contributed by atoms with Crippen LogP contribution in [0.1, 0.15) is 40.2 Å². The molecule has 2 N–H and O–H groups in total. The third-order valence-electron chi connectivity index (χ3n) is 5.89. The molecule has 1 spiro atoms.